The highest BCUT2D eigenvalue weighted by Gasteiger charge is 2.27. The molecule has 124 valence electrons. The van der Waals surface area contributed by atoms with Crippen LogP contribution in [0.2, 0.25) is 0 Å². The van der Waals surface area contributed by atoms with Gasteiger partial charge in [0.2, 0.25) is 5.88 Å². The van der Waals surface area contributed by atoms with E-state index in [1.165, 1.54) is 12.6 Å². The first kappa shape index (κ1) is 16.0. The number of hydrogen-bond donors (Lipinski definition) is 1. The van der Waals surface area contributed by atoms with E-state index in [-0.39, 0.29) is 11.4 Å². The molecule has 0 aliphatic heterocycles. The molecule has 7 heteroatoms. The van der Waals surface area contributed by atoms with Crippen LogP contribution in [0, 0.1) is 4.78 Å². The molecule has 1 N–H and O–H groups in total. The molecule has 1 aliphatic carbocycles. The van der Waals surface area contributed by atoms with Gasteiger partial charge in [-0.05, 0) is 37.8 Å². The molecule has 1 unspecified atom stereocenters. The second-order valence-corrected chi connectivity index (χ2v) is 8.46. The highest BCUT2D eigenvalue weighted by atomic mass is 32.2. The summed E-state index contributed by atoms with van der Waals surface area (Å²) in [6, 6.07) is 5.62. The summed E-state index contributed by atoms with van der Waals surface area (Å²) in [7, 11) is -0.838. The van der Waals surface area contributed by atoms with Crippen molar-refractivity contribution in [2.75, 3.05) is 13.4 Å². The molecule has 1 saturated carbocycles. The van der Waals surface area contributed by atoms with Gasteiger partial charge >= 0.3 is 0 Å². The first-order chi connectivity index (χ1) is 11.0. The summed E-state index contributed by atoms with van der Waals surface area (Å²) in [5, 5.41) is 0.837. The number of methoxy groups -OCH3 is 1. The molecule has 0 spiro atoms. The molecule has 1 aromatic carbocycles. The van der Waals surface area contributed by atoms with Crippen molar-refractivity contribution in [3.63, 3.8) is 0 Å². The van der Waals surface area contributed by atoms with Crippen molar-refractivity contribution in [3.05, 3.63) is 24.5 Å². The third-order valence-electron chi connectivity index (χ3n) is 4.34. The topological polar surface area (TPSA) is 85.2 Å². The molecule has 1 fully saturated rings. The first-order valence-corrected chi connectivity index (χ1v) is 9.68. The zero-order valence-electron chi connectivity index (χ0n) is 13.3. The van der Waals surface area contributed by atoms with Gasteiger partial charge in [0, 0.05) is 27.3 Å². The molecule has 0 radical (unpaired) electrons. The van der Waals surface area contributed by atoms with Gasteiger partial charge in [-0.2, -0.15) is 0 Å². The van der Waals surface area contributed by atoms with E-state index in [9.17, 15) is 4.21 Å². The fraction of sp³-hybridized carbons (Fsp3) is 0.500. The summed E-state index contributed by atoms with van der Waals surface area (Å²) in [5.74, 6) is 1.32. The Bertz CT molecular complexity index is 799. The number of benzene rings is 1. The van der Waals surface area contributed by atoms with E-state index in [0.717, 1.165) is 42.3 Å². The summed E-state index contributed by atoms with van der Waals surface area (Å²) in [5.41, 5.74) is 0.783. The molecular weight excluding hydrogens is 314 g/mol. The van der Waals surface area contributed by atoms with Crippen LogP contribution in [0.3, 0.4) is 0 Å². The van der Waals surface area contributed by atoms with E-state index in [1.807, 2.05) is 18.2 Å². The lowest BCUT2D eigenvalue weighted by molar-refractivity contribution is 0.152. The van der Waals surface area contributed by atoms with Crippen LogP contribution in [0.5, 0.6) is 11.6 Å². The number of ether oxygens (including phenoxy) is 2. The zero-order chi connectivity index (χ0) is 16.4. The number of nitrogens with zero attached hydrogens (tertiary/aromatic N) is 2. The van der Waals surface area contributed by atoms with Gasteiger partial charge in [0.25, 0.3) is 0 Å². The molecule has 3 rings (SSSR count). The number of rotatable bonds is 4. The summed E-state index contributed by atoms with van der Waals surface area (Å²) in [4.78, 5) is 8.51. The van der Waals surface area contributed by atoms with Crippen LogP contribution in [0.4, 0.5) is 0 Å². The predicted octanol–water partition coefficient (Wildman–Crippen LogP) is 3.00. The third kappa shape index (κ3) is 3.55. The average Bonchev–Trinajstić information content (AvgIpc) is 2.54. The molecule has 23 heavy (non-hydrogen) atoms. The smallest absolute Gasteiger partial charge is 0.224 e. The lowest BCUT2D eigenvalue weighted by Gasteiger charge is -2.28. The minimum Gasteiger partial charge on any atom is -0.497 e. The summed E-state index contributed by atoms with van der Waals surface area (Å²) in [6.45, 7) is 0. The summed E-state index contributed by atoms with van der Waals surface area (Å²) < 4.78 is 30.8. The maximum Gasteiger partial charge on any atom is 0.224 e. The van der Waals surface area contributed by atoms with Crippen LogP contribution in [0.1, 0.15) is 25.7 Å². The van der Waals surface area contributed by atoms with Gasteiger partial charge < -0.3 is 9.47 Å². The Morgan fingerprint density at radius 2 is 1.96 bits per heavy atom. The fourth-order valence-electron chi connectivity index (χ4n) is 2.99. The zero-order valence-corrected chi connectivity index (χ0v) is 14.1. The van der Waals surface area contributed by atoms with Gasteiger partial charge in [-0.1, -0.05) is 0 Å². The van der Waals surface area contributed by atoms with Crippen LogP contribution in [-0.2, 0) is 9.73 Å². The quantitative estimate of drug-likeness (QED) is 0.928. The first-order valence-electron chi connectivity index (χ1n) is 7.65. The van der Waals surface area contributed by atoms with Gasteiger partial charge in [0.05, 0.1) is 18.0 Å². The second-order valence-electron chi connectivity index (χ2n) is 5.98. The van der Waals surface area contributed by atoms with E-state index in [0.29, 0.717) is 5.88 Å². The minimum atomic E-state index is -2.46. The summed E-state index contributed by atoms with van der Waals surface area (Å²) in [6.07, 6.45) is 6.20. The molecule has 1 heterocycles. The molecule has 1 atom stereocenters. The van der Waals surface area contributed by atoms with Crippen molar-refractivity contribution in [3.8, 4) is 11.6 Å². The van der Waals surface area contributed by atoms with Crippen LogP contribution in [0.15, 0.2) is 24.5 Å². The van der Waals surface area contributed by atoms with E-state index in [4.69, 9.17) is 14.3 Å². The SMILES string of the molecule is COc1ccc2c(OC3CCC(S(C)(=N)=O)CC3)ncnc2c1. The lowest BCUT2D eigenvalue weighted by atomic mass is 9.97. The van der Waals surface area contributed by atoms with Gasteiger partial charge in [-0.15, -0.1) is 0 Å². The van der Waals surface area contributed by atoms with E-state index < -0.39 is 9.73 Å². The van der Waals surface area contributed by atoms with Crippen LogP contribution >= 0.6 is 0 Å². The minimum absolute atomic E-state index is 0.0197. The van der Waals surface area contributed by atoms with Crippen LogP contribution in [0.25, 0.3) is 10.9 Å². The van der Waals surface area contributed by atoms with Crippen molar-refractivity contribution in [2.45, 2.75) is 37.0 Å². The van der Waals surface area contributed by atoms with Crippen molar-refractivity contribution in [1.82, 2.24) is 9.97 Å². The van der Waals surface area contributed by atoms with Crippen LogP contribution < -0.4 is 9.47 Å². The highest BCUT2D eigenvalue weighted by molar-refractivity contribution is 7.92. The molecule has 0 bridgehead atoms. The fourth-order valence-corrected chi connectivity index (χ4v) is 4.16. The number of aromatic nitrogens is 2. The number of nitrogens with one attached hydrogen (secondary N) is 1. The Labute approximate surface area is 136 Å². The predicted molar refractivity (Wildman–Crippen MR) is 89.5 cm³/mol. The number of fused-ring (bicyclic) bond motifs is 1. The Morgan fingerprint density at radius 1 is 1.22 bits per heavy atom. The summed E-state index contributed by atoms with van der Waals surface area (Å²) >= 11 is 0. The Morgan fingerprint density at radius 3 is 2.61 bits per heavy atom. The molecule has 6 nitrogen and oxygen atoms in total. The van der Waals surface area contributed by atoms with E-state index in [2.05, 4.69) is 9.97 Å². The van der Waals surface area contributed by atoms with Crippen molar-refractivity contribution >= 4 is 20.6 Å². The third-order valence-corrected chi connectivity index (χ3v) is 6.09. The lowest BCUT2D eigenvalue weighted by Crippen LogP contribution is -2.30. The maximum absolute atomic E-state index is 11.8. The molecular formula is C16H21N3O3S. The molecule has 2 aromatic rings. The monoisotopic (exact) mass is 335 g/mol. The number of hydrogen-bond acceptors (Lipinski definition) is 6. The van der Waals surface area contributed by atoms with Gasteiger partial charge in [0.1, 0.15) is 18.2 Å². The van der Waals surface area contributed by atoms with Crippen molar-refractivity contribution < 1.29 is 13.7 Å². The van der Waals surface area contributed by atoms with Gasteiger partial charge in [-0.3, -0.25) is 4.78 Å². The Hall–Kier alpha value is -1.89. The largest absolute Gasteiger partial charge is 0.497 e. The molecule has 0 amide bonds. The standard InChI is InChI=1S/C16H21N3O3S/c1-21-12-5-8-14-15(9-12)18-10-19-16(14)22-11-3-6-13(7-4-11)23(2,17)20/h5,8-11,13,17H,3-4,6-7H2,1-2H3. The molecule has 1 aliphatic rings. The van der Waals surface area contributed by atoms with E-state index >= 15 is 0 Å². The van der Waals surface area contributed by atoms with Gasteiger partial charge in [0.15, 0.2) is 0 Å². The normalized spacial score (nSPS) is 24.1. The average molecular weight is 335 g/mol. The highest BCUT2D eigenvalue weighted by Crippen LogP contribution is 2.30. The Balaban J connectivity index is 1.75. The van der Waals surface area contributed by atoms with Crippen molar-refractivity contribution in [1.29, 1.82) is 4.78 Å². The van der Waals surface area contributed by atoms with Crippen molar-refractivity contribution in [2.24, 2.45) is 0 Å². The maximum atomic E-state index is 11.8. The second kappa shape index (κ2) is 6.31. The van der Waals surface area contributed by atoms with E-state index in [1.54, 1.807) is 7.11 Å². The van der Waals surface area contributed by atoms with Gasteiger partial charge in [-0.25, -0.2) is 14.2 Å². The molecule has 0 saturated heterocycles. The molecule has 1 aromatic heterocycles. The Kier molecular flexibility index (Phi) is 4.39. The van der Waals surface area contributed by atoms with Crippen LogP contribution in [-0.4, -0.2) is 38.9 Å².